The molecule has 0 spiro atoms. The number of likely N-dealkylation sites (tertiary alicyclic amines) is 1. The van der Waals surface area contributed by atoms with E-state index in [0.29, 0.717) is 12.6 Å². The van der Waals surface area contributed by atoms with Crippen LogP contribution in [-0.2, 0) is 0 Å². The number of fused-ring (bicyclic) bond motifs is 2. The van der Waals surface area contributed by atoms with Crippen molar-refractivity contribution in [1.82, 2.24) is 9.80 Å². The first-order valence-corrected chi connectivity index (χ1v) is 8.16. The first kappa shape index (κ1) is 14.2. The second-order valence-electron chi connectivity index (χ2n) is 6.01. The van der Waals surface area contributed by atoms with E-state index in [1.54, 1.807) is 0 Å². The summed E-state index contributed by atoms with van der Waals surface area (Å²) >= 11 is 3.43. The Morgan fingerprint density at radius 2 is 2.10 bits per heavy atom. The highest BCUT2D eigenvalue weighted by Gasteiger charge is 2.34. The fourth-order valence-corrected chi connectivity index (χ4v) is 3.88. The van der Waals surface area contributed by atoms with Gasteiger partial charge in [-0.05, 0) is 38.4 Å². The van der Waals surface area contributed by atoms with Crippen molar-refractivity contribution in [3.63, 3.8) is 0 Å². The molecular formula is C16H21BrN2O. The molecule has 0 N–H and O–H groups in total. The minimum atomic E-state index is 0.228. The lowest BCUT2D eigenvalue weighted by molar-refractivity contribution is 0.0923. The zero-order chi connectivity index (χ0) is 14.1. The van der Waals surface area contributed by atoms with E-state index >= 15 is 0 Å². The van der Waals surface area contributed by atoms with E-state index in [1.807, 2.05) is 24.3 Å². The third-order valence-corrected chi connectivity index (χ3v) is 5.24. The van der Waals surface area contributed by atoms with Gasteiger partial charge in [0.15, 0.2) is 5.78 Å². The van der Waals surface area contributed by atoms with Crippen LogP contribution in [0.2, 0.25) is 0 Å². The van der Waals surface area contributed by atoms with Crippen molar-refractivity contribution < 1.29 is 4.79 Å². The molecule has 2 atom stereocenters. The molecular weight excluding hydrogens is 316 g/mol. The van der Waals surface area contributed by atoms with Gasteiger partial charge in [0, 0.05) is 35.2 Å². The number of benzene rings is 1. The van der Waals surface area contributed by atoms with Crippen LogP contribution in [0.25, 0.3) is 0 Å². The van der Waals surface area contributed by atoms with Crippen LogP contribution in [0.5, 0.6) is 0 Å². The second kappa shape index (κ2) is 5.96. The lowest BCUT2D eigenvalue weighted by Gasteiger charge is -2.25. The van der Waals surface area contributed by atoms with Crippen LogP contribution in [0.1, 0.15) is 29.6 Å². The third kappa shape index (κ3) is 2.97. The predicted octanol–water partition coefficient (Wildman–Crippen LogP) is 2.80. The number of hydrogen-bond donors (Lipinski definition) is 0. The molecule has 1 aromatic rings. The SMILES string of the molecule is CN1C2CCC1CN(CC(=O)c1cccc(Br)c1)CC2. The van der Waals surface area contributed by atoms with E-state index in [9.17, 15) is 4.79 Å². The molecule has 2 aliphatic rings. The number of rotatable bonds is 3. The Hall–Kier alpha value is -0.710. The molecule has 2 fully saturated rings. The Morgan fingerprint density at radius 1 is 1.30 bits per heavy atom. The van der Waals surface area contributed by atoms with Gasteiger partial charge in [-0.3, -0.25) is 14.6 Å². The summed E-state index contributed by atoms with van der Waals surface area (Å²) in [5.74, 6) is 0.228. The van der Waals surface area contributed by atoms with Crippen LogP contribution < -0.4 is 0 Å². The molecule has 1 aromatic carbocycles. The Balaban J connectivity index is 1.65. The van der Waals surface area contributed by atoms with Crippen molar-refractivity contribution in [2.24, 2.45) is 0 Å². The molecule has 20 heavy (non-hydrogen) atoms. The first-order chi connectivity index (χ1) is 9.63. The molecule has 2 unspecified atom stereocenters. The van der Waals surface area contributed by atoms with Crippen LogP contribution in [-0.4, -0.2) is 54.3 Å². The summed E-state index contributed by atoms with van der Waals surface area (Å²) in [6.45, 7) is 2.63. The van der Waals surface area contributed by atoms with Gasteiger partial charge in [0.1, 0.15) is 0 Å². The van der Waals surface area contributed by atoms with Crippen molar-refractivity contribution in [2.45, 2.75) is 31.3 Å². The van der Waals surface area contributed by atoms with E-state index in [1.165, 1.54) is 19.3 Å². The summed E-state index contributed by atoms with van der Waals surface area (Å²) in [5.41, 5.74) is 0.808. The minimum Gasteiger partial charge on any atom is -0.299 e. The summed E-state index contributed by atoms with van der Waals surface area (Å²) in [5, 5.41) is 0. The molecule has 2 aliphatic heterocycles. The standard InChI is InChI=1S/C16H21BrN2O/c1-18-14-5-6-15(18)10-19(8-7-14)11-16(20)12-3-2-4-13(17)9-12/h2-4,9,14-15H,5-8,10-11H2,1H3. The Morgan fingerprint density at radius 3 is 2.90 bits per heavy atom. The number of carbonyl (C=O) groups is 1. The molecule has 108 valence electrons. The molecule has 0 amide bonds. The summed E-state index contributed by atoms with van der Waals surface area (Å²) in [7, 11) is 2.24. The van der Waals surface area contributed by atoms with Gasteiger partial charge in [0.2, 0.25) is 0 Å². The maximum Gasteiger partial charge on any atom is 0.176 e. The summed E-state index contributed by atoms with van der Waals surface area (Å²) < 4.78 is 0.970. The molecule has 2 saturated heterocycles. The quantitative estimate of drug-likeness (QED) is 0.793. The van der Waals surface area contributed by atoms with E-state index in [4.69, 9.17) is 0 Å². The van der Waals surface area contributed by atoms with Gasteiger partial charge in [-0.15, -0.1) is 0 Å². The molecule has 2 bridgehead atoms. The molecule has 0 saturated carbocycles. The van der Waals surface area contributed by atoms with Crippen molar-refractivity contribution in [3.8, 4) is 0 Å². The predicted molar refractivity (Wildman–Crippen MR) is 84.1 cm³/mol. The lowest BCUT2D eigenvalue weighted by atomic mass is 10.1. The molecule has 3 rings (SSSR count). The highest BCUT2D eigenvalue weighted by molar-refractivity contribution is 9.10. The van der Waals surface area contributed by atoms with Crippen LogP contribution in [0, 0.1) is 0 Å². The number of ketones is 1. The zero-order valence-electron chi connectivity index (χ0n) is 11.9. The number of carbonyl (C=O) groups excluding carboxylic acids is 1. The Kier molecular flexibility index (Phi) is 4.24. The van der Waals surface area contributed by atoms with Gasteiger partial charge in [0.05, 0.1) is 6.54 Å². The molecule has 0 aliphatic carbocycles. The Labute approximate surface area is 129 Å². The zero-order valence-corrected chi connectivity index (χ0v) is 13.5. The Bertz CT molecular complexity index is 505. The third-order valence-electron chi connectivity index (χ3n) is 4.75. The van der Waals surface area contributed by atoms with E-state index in [0.717, 1.165) is 29.2 Å². The largest absolute Gasteiger partial charge is 0.299 e. The topological polar surface area (TPSA) is 23.6 Å². The van der Waals surface area contributed by atoms with Crippen LogP contribution in [0.3, 0.4) is 0 Å². The summed E-state index contributed by atoms with van der Waals surface area (Å²) in [6, 6.07) is 9.07. The van der Waals surface area contributed by atoms with Crippen molar-refractivity contribution >= 4 is 21.7 Å². The number of nitrogens with zero attached hydrogens (tertiary/aromatic N) is 2. The monoisotopic (exact) mass is 336 g/mol. The first-order valence-electron chi connectivity index (χ1n) is 7.36. The van der Waals surface area contributed by atoms with Gasteiger partial charge >= 0.3 is 0 Å². The van der Waals surface area contributed by atoms with Crippen molar-refractivity contribution in [2.75, 3.05) is 26.7 Å². The number of Topliss-reactive ketones (excluding diaryl/α,β-unsaturated/α-hetero) is 1. The van der Waals surface area contributed by atoms with Gasteiger partial charge in [-0.2, -0.15) is 0 Å². The van der Waals surface area contributed by atoms with Crippen molar-refractivity contribution in [1.29, 1.82) is 0 Å². The van der Waals surface area contributed by atoms with Crippen molar-refractivity contribution in [3.05, 3.63) is 34.3 Å². The van der Waals surface area contributed by atoms with Crippen LogP contribution in [0.15, 0.2) is 28.7 Å². The highest BCUT2D eigenvalue weighted by Crippen LogP contribution is 2.28. The highest BCUT2D eigenvalue weighted by atomic mass is 79.9. The molecule has 0 radical (unpaired) electrons. The van der Waals surface area contributed by atoms with Gasteiger partial charge < -0.3 is 0 Å². The number of halogens is 1. The normalized spacial score (nSPS) is 27.5. The van der Waals surface area contributed by atoms with Gasteiger partial charge in [0.25, 0.3) is 0 Å². The molecule has 0 aromatic heterocycles. The fourth-order valence-electron chi connectivity index (χ4n) is 3.48. The molecule has 2 heterocycles. The van der Waals surface area contributed by atoms with E-state index in [-0.39, 0.29) is 5.78 Å². The second-order valence-corrected chi connectivity index (χ2v) is 6.92. The smallest absolute Gasteiger partial charge is 0.176 e. The average Bonchev–Trinajstić information content (AvgIpc) is 2.67. The maximum atomic E-state index is 12.4. The van der Waals surface area contributed by atoms with Crippen LogP contribution in [0.4, 0.5) is 0 Å². The number of likely N-dealkylation sites (N-methyl/N-ethyl adjacent to an activating group) is 1. The molecule has 4 heteroatoms. The van der Waals surface area contributed by atoms with Gasteiger partial charge in [-0.1, -0.05) is 28.1 Å². The summed E-state index contributed by atoms with van der Waals surface area (Å²) in [4.78, 5) is 17.2. The van der Waals surface area contributed by atoms with E-state index in [2.05, 4.69) is 32.8 Å². The molecule has 3 nitrogen and oxygen atoms in total. The summed E-state index contributed by atoms with van der Waals surface area (Å²) in [6.07, 6.45) is 3.80. The van der Waals surface area contributed by atoms with Gasteiger partial charge in [-0.25, -0.2) is 0 Å². The van der Waals surface area contributed by atoms with Crippen LogP contribution >= 0.6 is 15.9 Å². The number of hydrogen-bond acceptors (Lipinski definition) is 3. The average molecular weight is 337 g/mol. The maximum absolute atomic E-state index is 12.4. The van der Waals surface area contributed by atoms with E-state index < -0.39 is 0 Å². The minimum absolute atomic E-state index is 0.228. The fraction of sp³-hybridized carbons (Fsp3) is 0.562. The lowest BCUT2D eigenvalue weighted by Crippen LogP contribution is -2.38.